The molecular weight excluding hydrogens is 428 g/mol. The third kappa shape index (κ3) is 5.54. The summed E-state index contributed by atoms with van der Waals surface area (Å²) in [6.07, 6.45) is -0.854. The molecule has 1 aliphatic rings. The Morgan fingerprint density at radius 3 is 1.94 bits per heavy atom. The van der Waals surface area contributed by atoms with E-state index in [1.54, 1.807) is 24.3 Å². The molecule has 0 amide bonds. The number of rotatable bonds is 6. The van der Waals surface area contributed by atoms with Crippen molar-refractivity contribution in [1.29, 1.82) is 0 Å². The molecule has 0 aliphatic carbocycles. The topological polar surface area (TPSA) is 61.8 Å². The van der Waals surface area contributed by atoms with E-state index in [0.717, 1.165) is 22.3 Å². The van der Waals surface area contributed by atoms with Crippen LogP contribution in [0.4, 0.5) is 0 Å². The Morgan fingerprint density at radius 1 is 0.794 bits per heavy atom. The third-order valence-electron chi connectivity index (χ3n) is 6.18. The minimum atomic E-state index is -0.561. The van der Waals surface area contributed by atoms with Crippen LogP contribution in [0.2, 0.25) is 0 Å². The number of ether oxygens (including phenoxy) is 3. The second kappa shape index (κ2) is 10.2. The quantitative estimate of drug-likeness (QED) is 0.435. The molecule has 0 bridgehead atoms. The predicted molar refractivity (Wildman–Crippen MR) is 130 cm³/mol. The normalized spacial score (nSPS) is 19.6. The maximum atomic E-state index is 12.8. The van der Waals surface area contributed by atoms with Crippen molar-refractivity contribution in [3.8, 4) is 0 Å². The summed E-state index contributed by atoms with van der Waals surface area (Å²) in [5, 5.41) is 0. The van der Waals surface area contributed by atoms with Gasteiger partial charge in [0, 0.05) is 6.42 Å². The van der Waals surface area contributed by atoms with Crippen molar-refractivity contribution in [1.82, 2.24) is 0 Å². The molecule has 0 spiro atoms. The zero-order valence-electron chi connectivity index (χ0n) is 20.0. The Bertz CT molecular complexity index is 1160. The van der Waals surface area contributed by atoms with E-state index in [4.69, 9.17) is 14.2 Å². The molecule has 0 radical (unpaired) electrons. The molecule has 0 aromatic heterocycles. The van der Waals surface area contributed by atoms with Crippen LogP contribution in [-0.2, 0) is 14.2 Å². The molecule has 1 fully saturated rings. The van der Waals surface area contributed by atoms with Crippen LogP contribution in [0.1, 0.15) is 61.1 Å². The van der Waals surface area contributed by atoms with Crippen molar-refractivity contribution in [3.05, 3.63) is 106 Å². The highest BCUT2D eigenvalue weighted by Gasteiger charge is 2.40. The molecular formula is C29H30O5. The fourth-order valence-electron chi connectivity index (χ4n) is 4.20. The Hall–Kier alpha value is -3.44. The first-order valence-electron chi connectivity index (χ1n) is 11.5. The summed E-state index contributed by atoms with van der Waals surface area (Å²) in [5.41, 5.74) is 6.43. The van der Waals surface area contributed by atoms with Gasteiger partial charge in [0.25, 0.3) is 0 Å². The highest BCUT2D eigenvalue weighted by molar-refractivity contribution is 5.90. The van der Waals surface area contributed by atoms with Gasteiger partial charge < -0.3 is 14.2 Å². The van der Waals surface area contributed by atoms with Gasteiger partial charge in [0.1, 0.15) is 18.8 Å². The maximum absolute atomic E-state index is 12.8. The van der Waals surface area contributed by atoms with E-state index >= 15 is 0 Å². The fraction of sp³-hybridized carbons (Fsp3) is 0.310. The molecule has 1 saturated heterocycles. The van der Waals surface area contributed by atoms with E-state index in [-0.39, 0.29) is 12.7 Å². The van der Waals surface area contributed by atoms with Crippen LogP contribution >= 0.6 is 0 Å². The van der Waals surface area contributed by atoms with Crippen LogP contribution in [0.25, 0.3) is 0 Å². The van der Waals surface area contributed by atoms with E-state index in [2.05, 4.69) is 12.1 Å². The molecule has 3 atom stereocenters. The number of esters is 2. The molecule has 34 heavy (non-hydrogen) atoms. The van der Waals surface area contributed by atoms with Crippen LogP contribution in [0.5, 0.6) is 0 Å². The third-order valence-corrected chi connectivity index (χ3v) is 6.18. The lowest BCUT2D eigenvalue weighted by molar-refractivity contribution is -0.0428. The summed E-state index contributed by atoms with van der Waals surface area (Å²) >= 11 is 0. The van der Waals surface area contributed by atoms with Crippen molar-refractivity contribution in [2.45, 2.75) is 52.4 Å². The molecule has 1 aliphatic heterocycles. The number of aryl methyl sites for hydroxylation is 4. The van der Waals surface area contributed by atoms with Gasteiger partial charge in [-0.15, -0.1) is 0 Å². The summed E-state index contributed by atoms with van der Waals surface area (Å²) in [6.45, 7) is 8.02. The highest BCUT2D eigenvalue weighted by Crippen LogP contribution is 2.37. The fourth-order valence-corrected chi connectivity index (χ4v) is 4.20. The molecule has 0 saturated carbocycles. The molecule has 5 heteroatoms. The van der Waals surface area contributed by atoms with Gasteiger partial charge >= 0.3 is 11.9 Å². The first-order valence-corrected chi connectivity index (χ1v) is 11.5. The first kappa shape index (κ1) is 23.7. The van der Waals surface area contributed by atoms with Gasteiger partial charge in [0.05, 0.1) is 17.2 Å². The summed E-state index contributed by atoms with van der Waals surface area (Å²) < 4.78 is 17.7. The Balaban J connectivity index is 1.50. The van der Waals surface area contributed by atoms with Gasteiger partial charge in [0.2, 0.25) is 0 Å². The van der Waals surface area contributed by atoms with Crippen LogP contribution in [-0.4, -0.2) is 30.8 Å². The van der Waals surface area contributed by atoms with E-state index in [1.165, 1.54) is 5.56 Å². The van der Waals surface area contributed by atoms with Gasteiger partial charge in [-0.3, -0.25) is 0 Å². The van der Waals surface area contributed by atoms with Gasteiger partial charge in [-0.25, -0.2) is 9.59 Å². The Morgan fingerprint density at radius 2 is 1.35 bits per heavy atom. The Kier molecular flexibility index (Phi) is 7.13. The number of hydrogen-bond donors (Lipinski definition) is 0. The summed E-state index contributed by atoms with van der Waals surface area (Å²) in [6, 6.07) is 20.7. The van der Waals surface area contributed by atoms with Gasteiger partial charge in [-0.1, -0.05) is 59.2 Å². The van der Waals surface area contributed by atoms with E-state index in [9.17, 15) is 9.59 Å². The zero-order valence-corrected chi connectivity index (χ0v) is 20.0. The first-order chi connectivity index (χ1) is 16.3. The lowest BCUT2D eigenvalue weighted by Crippen LogP contribution is -2.32. The SMILES string of the molecule is Cc1ccc(C(=O)OC[C@H]2O[C@H](c3ccc(C)cc3C)C[C@@H]2OC(=O)c2ccc(C)cc2)cc1. The maximum Gasteiger partial charge on any atom is 0.338 e. The van der Waals surface area contributed by atoms with Crippen LogP contribution in [0, 0.1) is 27.7 Å². The van der Waals surface area contributed by atoms with Crippen LogP contribution in [0.15, 0.2) is 66.7 Å². The van der Waals surface area contributed by atoms with Crippen molar-refractivity contribution < 1.29 is 23.8 Å². The average molecular weight is 459 g/mol. The average Bonchev–Trinajstić information content (AvgIpc) is 3.20. The highest BCUT2D eigenvalue weighted by atomic mass is 16.6. The second-order valence-corrected chi connectivity index (χ2v) is 9.03. The van der Waals surface area contributed by atoms with Crippen molar-refractivity contribution in [2.75, 3.05) is 6.61 Å². The standard InChI is InChI=1S/C29H30O5/c1-18-5-10-22(11-6-18)28(30)32-17-27-26(34-29(31)23-12-7-19(2)8-13-23)16-25(33-27)24-14-9-20(3)15-21(24)4/h5-15,25-27H,16-17H2,1-4H3/t25-,26-,27+/m0/s1. The van der Waals surface area contributed by atoms with E-state index in [0.29, 0.717) is 17.5 Å². The monoisotopic (exact) mass is 458 g/mol. The van der Waals surface area contributed by atoms with Crippen LogP contribution < -0.4 is 0 Å². The predicted octanol–water partition coefficient (Wildman–Crippen LogP) is 5.83. The minimum Gasteiger partial charge on any atom is -0.459 e. The zero-order chi connectivity index (χ0) is 24.2. The molecule has 3 aromatic carbocycles. The summed E-state index contributed by atoms with van der Waals surface area (Å²) in [5.74, 6) is -0.841. The number of carbonyl (C=O) groups is 2. The molecule has 4 rings (SSSR count). The lowest BCUT2D eigenvalue weighted by atomic mass is 9.98. The number of benzene rings is 3. The second-order valence-electron chi connectivity index (χ2n) is 9.03. The lowest BCUT2D eigenvalue weighted by Gasteiger charge is -2.19. The molecule has 1 heterocycles. The van der Waals surface area contributed by atoms with Gasteiger partial charge in [0.15, 0.2) is 0 Å². The van der Waals surface area contributed by atoms with Crippen LogP contribution in [0.3, 0.4) is 0 Å². The van der Waals surface area contributed by atoms with E-state index in [1.807, 2.05) is 58.0 Å². The van der Waals surface area contributed by atoms with Gasteiger partial charge in [-0.05, 0) is 63.1 Å². The van der Waals surface area contributed by atoms with Crippen molar-refractivity contribution in [2.24, 2.45) is 0 Å². The number of hydrogen-bond acceptors (Lipinski definition) is 5. The number of carbonyl (C=O) groups excluding carboxylic acids is 2. The van der Waals surface area contributed by atoms with Gasteiger partial charge in [-0.2, -0.15) is 0 Å². The molecule has 5 nitrogen and oxygen atoms in total. The Labute approximate surface area is 200 Å². The largest absolute Gasteiger partial charge is 0.459 e. The summed E-state index contributed by atoms with van der Waals surface area (Å²) in [4.78, 5) is 25.4. The molecule has 176 valence electrons. The van der Waals surface area contributed by atoms with Crippen molar-refractivity contribution in [3.63, 3.8) is 0 Å². The molecule has 3 aromatic rings. The minimum absolute atomic E-state index is 0.0000365. The van der Waals surface area contributed by atoms with Crippen molar-refractivity contribution >= 4 is 11.9 Å². The van der Waals surface area contributed by atoms with E-state index < -0.39 is 24.1 Å². The molecule has 0 unspecified atom stereocenters. The summed E-state index contributed by atoms with van der Waals surface area (Å²) in [7, 11) is 0. The molecule has 0 N–H and O–H groups in total. The smallest absolute Gasteiger partial charge is 0.338 e.